The number of rotatable bonds is 2. The van der Waals surface area contributed by atoms with Crippen molar-refractivity contribution in [2.45, 2.75) is 51.4 Å². The zero-order valence-electron chi connectivity index (χ0n) is 8.76. The molecule has 1 aliphatic rings. The second-order valence-corrected chi connectivity index (χ2v) is 4.70. The second-order valence-electron chi connectivity index (χ2n) is 4.70. The van der Waals surface area contributed by atoms with Gasteiger partial charge in [-0.1, -0.05) is 0 Å². The summed E-state index contributed by atoms with van der Waals surface area (Å²) in [6.07, 6.45) is 0.200. The molecule has 0 bridgehead atoms. The minimum atomic E-state index is -0.666. The molecule has 2 atom stereocenters. The molecule has 78 valence electrons. The van der Waals surface area contributed by atoms with Crippen LogP contribution in [0.25, 0.3) is 0 Å². The Morgan fingerprint density at radius 3 is 2.69 bits per heavy atom. The molecule has 3 heteroatoms. The maximum atomic E-state index is 13.1. The summed E-state index contributed by atoms with van der Waals surface area (Å²) in [5.74, 6) is 0. The summed E-state index contributed by atoms with van der Waals surface area (Å²) in [5, 5.41) is 9.27. The minimum Gasteiger partial charge on any atom is -0.392 e. The molecule has 13 heavy (non-hydrogen) atoms. The largest absolute Gasteiger partial charge is 0.392 e. The van der Waals surface area contributed by atoms with Gasteiger partial charge in [0.05, 0.1) is 6.10 Å². The number of likely N-dealkylation sites (tertiary alicyclic amines) is 1. The highest BCUT2D eigenvalue weighted by Crippen LogP contribution is 2.29. The van der Waals surface area contributed by atoms with E-state index >= 15 is 0 Å². The highest BCUT2D eigenvalue weighted by molar-refractivity contribution is 4.89. The van der Waals surface area contributed by atoms with Crippen LogP contribution in [0.4, 0.5) is 4.39 Å². The van der Waals surface area contributed by atoms with Crippen LogP contribution in [0.1, 0.15) is 33.6 Å². The van der Waals surface area contributed by atoms with E-state index in [-0.39, 0.29) is 11.6 Å². The molecule has 0 spiro atoms. The summed E-state index contributed by atoms with van der Waals surface area (Å²) in [7, 11) is 0. The van der Waals surface area contributed by atoms with Gasteiger partial charge in [0, 0.05) is 18.6 Å². The normalized spacial score (nSPS) is 31.6. The maximum Gasteiger partial charge on any atom is 0.103 e. The second kappa shape index (κ2) is 3.93. The van der Waals surface area contributed by atoms with Crippen molar-refractivity contribution < 1.29 is 9.50 Å². The first kappa shape index (κ1) is 10.9. The molecule has 0 saturated carbocycles. The van der Waals surface area contributed by atoms with Gasteiger partial charge in [-0.2, -0.15) is 0 Å². The molecule has 1 heterocycles. The Labute approximate surface area is 79.7 Å². The Balaban J connectivity index is 2.54. The smallest absolute Gasteiger partial charge is 0.103 e. The van der Waals surface area contributed by atoms with E-state index in [9.17, 15) is 9.50 Å². The van der Waals surface area contributed by atoms with E-state index in [0.717, 1.165) is 6.54 Å². The van der Waals surface area contributed by atoms with Crippen LogP contribution >= 0.6 is 0 Å². The quantitative estimate of drug-likeness (QED) is 0.713. The summed E-state index contributed by atoms with van der Waals surface area (Å²) >= 11 is 0. The van der Waals surface area contributed by atoms with Gasteiger partial charge in [0.1, 0.15) is 6.17 Å². The first-order chi connectivity index (χ1) is 5.92. The number of aliphatic hydroxyl groups is 1. The monoisotopic (exact) mass is 189 g/mol. The molecule has 0 aliphatic carbocycles. The summed E-state index contributed by atoms with van der Waals surface area (Å²) in [5.41, 5.74) is -0.103. The summed E-state index contributed by atoms with van der Waals surface area (Å²) in [6.45, 7) is 7.28. The molecule has 1 N–H and O–H groups in total. The Morgan fingerprint density at radius 1 is 1.62 bits per heavy atom. The summed E-state index contributed by atoms with van der Waals surface area (Å²) in [6, 6.07) is 0. The molecule has 0 aromatic carbocycles. The van der Waals surface area contributed by atoms with Gasteiger partial charge in [0.2, 0.25) is 0 Å². The predicted molar refractivity (Wildman–Crippen MR) is 51.5 cm³/mol. The SMILES string of the molecule is C[C@H](O)CN1CCC(F)CC1(C)C. The van der Waals surface area contributed by atoms with Gasteiger partial charge >= 0.3 is 0 Å². The van der Waals surface area contributed by atoms with Gasteiger partial charge < -0.3 is 5.11 Å². The molecule has 1 aliphatic heterocycles. The lowest BCUT2D eigenvalue weighted by molar-refractivity contribution is 0.00312. The molecule has 1 saturated heterocycles. The average molecular weight is 189 g/mol. The standard InChI is InChI=1S/C10H20FNO/c1-8(13)7-12-5-4-9(11)6-10(12,2)3/h8-9,13H,4-7H2,1-3H3/t8-,9?/m0/s1. The van der Waals surface area contributed by atoms with Crippen LogP contribution in [0, 0.1) is 0 Å². The third-order valence-electron chi connectivity index (χ3n) is 2.77. The Bertz CT molecular complexity index is 170. The maximum absolute atomic E-state index is 13.1. The van der Waals surface area contributed by atoms with E-state index in [1.165, 1.54) is 0 Å². The molecule has 0 amide bonds. The Morgan fingerprint density at radius 2 is 2.23 bits per heavy atom. The van der Waals surface area contributed by atoms with Crippen LogP contribution in [-0.2, 0) is 0 Å². The predicted octanol–water partition coefficient (Wildman–Crippen LogP) is 1.58. The van der Waals surface area contributed by atoms with Crippen LogP contribution in [0.15, 0.2) is 0 Å². The Kier molecular flexibility index (Phi) is 3.30. The molecule has 0 radical (unpaired) electrons. The van der Waals surface area contributed by atoms with Crippen LogP contribution in [0.3, 0.4) is 0 Å². The van der Waals surface area contributed by atoms with Gasteiger partial charge in [-0.3, -0.25) is 4.90 Å². The van der Waals surface area contributed by atoms with E-state index in [4.69, 9.17) is 0 Å². The van der Waals surface area contributed by atoms with Crippen molar-refractivity contribution in [3.05, 3.63) is 0 Å². The number of alkyl halides is 1. The fourth-order valence-electron chi connectivity index (χ4n) is 2.03. The zero-order chi connectivity index (χ0) is 10.1. The van der Waals surface area contributed by atoms with Crippen LogP contribution < -0.4 is 0 Å². The van der Waals surface area contributed by atoms with Gasteiger partial charge in [-0.15, -0.1) is 0 Å². The van der Waals surface area contributed by atoms with Crippen molar-refractivity contribution in [2.24, 2.45) is 0 Å². The van der Waals surface area contributed by atoms with E-state index in [0.29, 0.717) is 19.4 Å². The van der Waals surface area contributed by atoms with E-state index < -0.39 is 6.17 Å². The minimum absolute atomic E-state index is 0.103. The topological polar surface area (TPSA) is 23.5 Å². The number of hydrogen-bond donors (Lipinski definition) is 1. The molecule has 1 unspecified atom stereocenters. The third kappa shape index (κ3) is 2.92. The van der Waals surface area contributed by atoms with Crippen molar-refractivity contribution >= 4 is 0 Å². The van der Waals surface area contributed by atoms with Crippen LogP contribution in [0.5, 0.6) is 0 Å². The molecule has 2 nitrogen and oxygen atoms in total. The fraction of sp³-hybridized carbons (Fsp3) is 1.00. The Hall–Kier alpha value is -0.150. The van der Waals surface area contributed by atoms with E-state index in [2.05, 4.69) is 4.90 Å². The third-order valence-corrected chi connectivity index (χ3v) is 2.77. The highest BCUT2D eigenvalue weighted by Gasteiger charge is 2.34. The molecular formula is C10H20FNO. The van der Waals surface area contributed by atoms with Crippen LogP contribution in [0.2, 0.25) is 0 Å². The lowest BCUT2D eigenvalue weighted by atomic mass is 9.89. The van der Waals surface area contributed by atoms with Crippen molar-refractivity contribution in [1.29, 1.82) is 0 Å². The van der Waals surface area contributed by atoms with E-state index in [1.807, 2.05) is 13.8 Å². The van der Waals surface area contributed by atoms with Crippen molar-refractivity contribution in [2.75, 3.05) is 13.1 Å². The first-order valence-corrected chi connectivity index (χ1v) is 4.99. The number of hydrogen-bond acceptors (Lipinski definition) is 2. The van der Waals surface area contributed by atoms with Gasteiger partial charge in [-0.25, -0.2) is 4.39 Å². The molecule has 1 fully saturated rings. The number of aliphatic hydroxyl groups excluding tert-OH is 1. The number of nitrogens with zero attached hydrogens (tertiary/aromatic N) is 1. The highest BCUT2D eigenvalue weighted by atomic mass is 19.1. The molecule has 0 aromatic rings. The van der Waals surface area contributed by atoms with Crippen molar-refractivity contribution in [3.8, 4) is 0 Å². The number of halogens is 1. The van der Waals surface area contributed by atoms with Gasteiger partial charge in [-0.05, 0) is 33.6 Å². The van der Waals surface area contributed by atoms with Crippen molar-refractivity contribution in [1.82, 2.24) is 4.90 Å². The first-order valence-electron chi connectivity index (χ1n) is 4.99. The summed E-state index contributed by atoms with van der Waals surface area (Å²) < 4.78 is 13.1. The molecule has 0 aromatic heterocycles. The lowest BCUT2D eigenvalue weighted by Gasteiger charge is -2.44. The molecular weight excluding hydrogens is 169 g/mol. The van der Waals surface area contributed by atoms with E-state index in [1.54, 1.807) is 6.92 Å². The molecule has 1 rings (SSSR count). The zero-order valence-corrected chi connectivity index (χ0v) is 8.76. The number of β-amino-alcohol motifs (C(OH)–C–C–N with tert-alkyl or cyclic N) is 1. The lowest BCUT2D eigenvalue weighted by Crippen LogP contribution is -2.52. The summed E-state index contributed by atoms with van der Waals surface area (Å²) in [4.78, 5) is 2.17. The van der Waals surface area contributed by atoms with Gasteiger partial charge in [0.25, 0.3) is 0 Å². The van der Waals surface area contributed by atoms with Crippen LogP contribution in [-0.4, -0.2) is 40.9 Å². The number of piperidine rings is 1. The van der Waals surface area contributed by atoms with Gasteiger partial charge in [0.15, 0.2) is 0 Å². The average Bonchev–Trinajstić information content (AvgIpc) is 1.93. The van der Waals surface area contributed by atoms with Crippen molar-refractivity contribution in [3.63, 3.8) is 0 Å². The fourth-order valence-corrected chi connectivity index (χ4v) is 2.03.